The molecular formula is C15H17NO4. The monoisotopic (exact) mass is 275 g/mol. The highest BCUT2D eigenvalue weighted by Gasteiger charge is 2.38. The molecule has 2 rings (SSSR count). The number of hydrogen-bond donors (Lipinski definition) is 1. The number of amides is 2. The van der Waals surface area contributed by atoms with E-state index < -0.39 is 17.6 Å². The Morgan fingerprint density at radius 2 is 1.85 bits per heavy atom. The largest absolute Gasteiger partial charge is 0.502 e. The number of rotatable bonds is 4. The third-order valence-electron chi connectivity index (χ3n) is 3.46. The second-order valence-electron chi connectivity index (χ2n) is 4.78. The molecule has 0 radical (unpaired) electrons. The summed E-state index contributed by atoms with van der Waals surface area (Å²) in [5, 5.41) is 9.94. The van der Waals surface area contributed by atoms with Gasteiger partial charge in [0.05, 0.1) is 18.7 Å². The lowest BCUT2D eigenvalue weighted by Gasteiger charge is -2.13. The van der Waals surface area contributed by atoms with Gasteiger partial charge in [0.15, 0.2) is 5.76 Å². The number of carbonyl (C=O) groups excluding carboxylic acids is 2. The molecule has 0 unspecified atom stereocenters. The van der Waals surface area contributed by atoms with Crippen molar-refractivity contribution in [3.8, 4) is 0 Å². The Labute approximate surface area is 117 Å². The second-order valence-corrected chi connectivity index (χ2v) is 4.78. The van der Waals surface area contributed by atoms with Crippen LogP contribution in [-0.4, -0.2) is 42.1 Å². The average Bonchev–Trinajstić information content (AvgIpc) is 2.62. The van der Waals surface area contributed by atoms with Gasteiger partial charge in [-0.2, -0.15) is 0 Å². The number of benzene rings is 1. The zero-order valence-corrected chi connectivity index (χ0v) is 11.8. The summed E-state index contributed by atoms with van der Waals surface area (Å²) in [5.41, 5.74) is 2.71. The molecule has 0 bridgehead atoms. The molecule has 0 atom stereocenters. The van der Waals surface area contributed by atoms with Crippen molar-refractivity contribution in [1.82, 2.24) is 4.90 Å². The Morgan fingerprint density at radius 3 is 2.45 bits per heavy atom. The maximum Gasteiger partial charge on any atom is 0.296 e. The number of imide groups is 1. The summed E-state index contributed by atoms with van der Waals surface area (Å²) in [6.45, 7) is 4.25. The first-order chi connectivity index (χ1) is 9.47. The molecule has 0 spiro atoms. The molecule has 20 heavy (non-hydrogen) atoms. The minimum atomic E-state index is -0.666. The molecular weight excluding hydrogens is 258 g/mol. The zero-order valence-electron chi connectivity index (χ0n) is 11.8. The van der Waals surface area contributed by atoms with E-state index in [-0.39, 0.29) is 18.7 Å². The summed E-state index contributed by atoms with van der Waals surface area (Å²) >= 11 is 0. The molecule has 1 aromatic rings. The quantitative estimate of drug-likeness (QED) is 0.847. The van der Waals surface area contributed by atoms with Crippen LogP contribution in [0.25, 0.3) is 5.57 Å². The lowest BCUT2D eigenvalue weighted by molar-refractivity contribution is -0.138. The minimum absolute atomic E-state index is 0.0641. The van der Waals surface area contributed by atoms with Crippen LogP contribution in [0.15, 0.2) is 24.0 Å². The van der Waals surface area contributed by atoms with Crippen molar-refractivity contribution in [2.45, 2.75) is 13.8 Å². The fourth-order valence-electron chi connectivity index (χ4n) is 2.11. The SMILES string of the molecule is COCCN1C(=O)C(O)=C(c2ccc(C)c(C)c2)C1=O. The van der Waals surface area contributed by atoms with Crippen molar-refractivity contribution in [3.05, 3.63) is 40.6 Å². The molecule has 1 N–H and O–H groups in total. The van der Waals surface area contributed by atoms with Gasteiger partial charge in [0.1, 0.15) is 0 Å². The van der Waals surface area contributed by atoms with Gasteiger partial charge in [-0.25, -0.2) is 0 Å². The van der Waals surface area contributed by atoms with E-state index in [4.69, 9.17) is 4.74 Å². The summed E-state index contributed by atoms with van der Waals surface area (Å²) in [6, 6.07) is 5.39. The van der Waals surface area contributed by atoms with Gasteiger partial charge >= 0.3 is 0 Å². The van der Waals surface area contributed by atoms with Gasteiger partial charge in [-0.15, -0.1) is 0 Å². The first-order valence-corrected chi connectivity index (χ1v) is 6.33. The van der Waals surface area contributed by atoms with Crippen LogP contribution in [-0.2, 0) is 14.3 Å². The third kappa shape index (κ3) is 2.32. The molecule has 2 amide bonds. The number of hydrogen-bond acceptors (Lipinski definition) is 4. The first kappa shape index (κ1) is 14.3. The highest BCUT2D eigenvalue weighted by molar-refractivity contribution is 6.34. The van der Waals surface area contributed by atoms with Crippen molar-refractivity contribution in [2.75, 3.05) is 20.3 Å². The molecule has 106 valence electrons. The Balaban J connectivity index is 2.38. The summed E-state index contributed by atoms with van der Waals surface area (Å²) in [7, 11) is 1.49. The first-order valence-electron chi connectivity index (χ1n) is 6.33. The maximum absolute atomic E-state index is 12.3. The molecule has 0 saturated carbocycles. The van der Waals surface area contributed by atoms with Gasteiger partial charge in [0.2, 0.25) is 0 Å². The van der Waals surface area contributed by atoms with Crippen LogP contribution in [0.5, 0.6) is 0 Å². The van der Waals surface area contributed by atoms with Crippen molar-refractivity contribution >= 4 is 17.4 Å². The Hall–Kier alpha value is -2.14. The normalized spacial score (nSPS) is 15.4. The Bertz CT molecular complexity index is 604. The lowest BCUT2D eigenvalue weighted by Crippen LogP contribution is -2.34. The summed E-state index contributed by atoms with van der Waals surface area (Å²) < 4.78 is 4.87. The molecule has 1 aromatic carbocycles. The van der Waals surface area contributed by atoms with E-state index in [2.05, 4.69) is 0 Å². The minimum Gasteiger partial charge on any atom is -0.502 e. The number of aliphatic hydroxyl groups is 1. The van der Waals surface area contributed by atoms with E-state index in [1.807, 2.05) is 19.9 Å². The maximum atomic E-state index is 12.3. The van der Waals surface area contributed by atoms with E-state index >= 15 is 0 Å². The molecule has 1 heterocycles. The number of ether oxygens (including phenoxy) is 1. The van der Waals surface area contributed by atoms with Crippen LogP contribution in [0.1, 0.15) is 16.7 Å². The summed E-state index contributed by atoms with van der Waals surface area (Å²) in [6.07, 6.45) is 0. The number of aryl methyl sites for hydroxylation is 2. The van der Waals surface area contributed by atoms with Crippen molar-refractivity contribution < 1.29 is 19.4 Å². The van der Waals surface area contributed by atoms with Crippen LogP contribution >= 0.6 is 0 Å². The van der Waals surface area contributed by atoms with Crippen LogP contribution in [0.2, 0.25) is 0 Å². The van der Waals surface area contributed by atoms with Crippen LogP contribution in [0, 0.1) is 13.8 Å². The van der Waals surface area contributed by atoms with Gasteiger partial charge in [-0.3, -0.25) is 14.5 Å². The fraction of sp³-hybridized carbons (Fsp3) is 0.333. The second kappa shape index (κ2) is 5.46. The number of methoxy groups -OCH3 is 1. The number of aliphatic hydroxyl groups excluding tert-OH is 1. The predicted octanol–water partition coefficient (Wildman–Crippen LogP) is 1.59. The highest BCUT2D eigenvalue weighted by atomic mass is 16.5. The fourth-order valence-corrected chi connectivity index (χ4v) is 2.11. The molecule has 0 aliphatic carbocycles. The smallest absolute Gasteiger partial charge is 0.296 e. The zero-order chi connectivity index (χ0) is 14.9. The van der Waals surface area contributed by atoms with E-state index in [0.717, 1.165) is 16.0 Å². The number of nitrogens with zero attached hydrogens (tertiary/aromatic N) is 1. The lowest BCUT2D eigenvalue weighted by atomic mass is 10.0. The van der Waals surface area contributed by atoms with Crippen LogP contribution in [0.3, 0.4) is 0 Å². The molecule has 1 aliphatic rings. The average molecular weight is 275 g/mol. The van der Waals surface area contributed by atoms with Crippen LogP contribution in [0.4, 0.5) is 0 Å². The Morgan fingerprint density at radius 1 is 1.15 bits per heavy atom. The van der Waals surface area contributed by atoms with Crippen molar-refractivity contribution in [3.63, 3.8) is 0 Å². The van der Waals surface area contributed by atoms with E-state index in [1.165, 1.54) is 7.11 Å². The van der Waals surface area contributed by atoms with Crippen LogP contribution < -0.4 is 0 Å². The van der Waals surface area contributed by atoms with E-state index in [0.29, 0.717) is 5.56 Å². The van der Waals surface area contributed by atoms with Gasteiger partial charge in [0.25, 0.3) is 11.8 Å². The van der Waals surface area contributed by atoms with Gasteiger partial charge in [0, 0.05) is 7.11 Å². The molecule has 0 fully saturated rings. The summed E-state index contributed by atoms with van der Waals surface area (Å²) in [5.74, 6) is -1.64. The van der Waals surface area contributed by atoms with Gasteiger partial charge in [-0.1, -0.05) is 18.2 Å². The van der Waals surface area contributed by atoms with Crippen molar-refractivity contribution in [2.24, 2.45) is 0 Å². The number of carbonyl (C=O) groups is 2. The molecule has 1 aliphatic heterocycles. The standard InChI is InChI=1S/C15H17NO4/c1-9-4-5-11(8-10(9)2)12-13(17)15(19)16(14(12)18)6-7-20-3/h4-5,8,17H,6-7H2,1-3H3. The molecule has 0 saturated heterocycles. The van der Waals surface area contributed by atoms with Gasteiger partial charge in [-0.05, 0) is 30.5 Å². The molecule has 5 heteroatoms. The topological polar surface area (TPSA) is 66.8 Å². The van der Waals surface area contributed by atoms with Crippen molar-refractivity contribution in [1.29, 1.82) is 0 Å². The van der Waals surface area contributed by atoms with E-state index in [1.54, 1.807) is 12.1 Å². The summed E-state index contributed by atoms with van der Waals surface area (Å²) in [4.78, 5) is 25.2. The highest BCUT2D eigenvalue weighted by Crippen LogP contribution is 2.28. The van der Waals surface area contributed by atoms with Gasteiger partial charge < -0.3 is 9.84 Å². The Kier molecular flexibility index (Phi) is 3.90. The third-order valence-corrected chi connectivity index (χ3v) is 3.46. The molecule has 0 aromatic heterocycles. The van der Waals surface area contributed by atoms with E-state index in [9.17, 15) is 14.7 Å². The molecule has 5 nitrogen and oxygen atoms in total. The predicted molar refractivity (Wildman–Crippen MR) is 74.1 cm³/mol.